The van der Waals surface area contributed by atoms with Gasteiger partial charge in [-0.05, 0) is 11.5 Å². The summed E-state index contributed by atoms with van der Waals surface area (Å²) in [6.07, 6.45) is 0. The minimum Gasteiger partial charge on any atom is -0.339 e. The number of carbonyl (C=O) groups is 1. The van der Waals surface area contributed by atoms with Crippen molar-refractivity contribution in [3.8, 4) is 0 Å². The number of piperazine rings is 1. The van der Waals surface area contributed by atoms with Crippen molar-refractivity contribution in [1.82, 2.24) is 9.80 Å². The van der Waals surface area contributed by atoms with E-state index in [1.54, 1.807) is 0 Å². The molecule has 0 aliphatic carbocycles. The molecule has 1 amide bonds. The van der Waals surface area contributed by atoms with Crippen molar-refractivity contribution in [2.75, 3.05) is 26.2 Å². The molecule has 5 heteroatoms. The lowest BCUT2D eigenvalue weighted by Crippen LogP contribution is -2.54. The smallest absolute Gasteiger partial charge is 0.239 e. The number of benzene rings is 1. The maximum atomic E-state index is 12.2. The Morgan fingerprint density at radius 2 is 1.71 bits per heavy atom. The average molecular weight is 312 g/mol. The molecule has 118 valence electrons. The van der Waals surface area contributed by atoms with E-state index in [1.165, 1.54) is 5.56 Å². The highest BCUT2D eigenvalue weighted by atomic mass is 35.5. The standard InChI is InChI=1S/C16H25N3O.ClH/c1-13(2)15(17)16(20)19-10-8-18(9-11-19)12-14-6-4-3-5-7-14;/h3-7,13,15H,8-12,17H2,1-2H3;1H. The van der Waals surface area contributed by atoms with Crippen molar-refractivity contribution < 1.29 is 4.79 Å². The van der Waals surface area contributed by atoms with Crippen LogP contribution in [-0.2, 0) is 11.3 Å². The third-order valence-electron chi connectivity index (χ3n) is 3.94. The molecule has 1 heterocycles. The molecular weight excluding hydrogens is 286 g/mol. The van der Waals surface area contributed by atoms with E-state index in [-0.39, 0.29) is 30.3 Å². The molecular formula is C16H26ClN3O. The Kier molecular flexibility index (Phi) is 7.15. The predicted molar refractivity (Wildman–Crippen MR) is 88.4 cm³/mol. The molecule has 1 aromatic carbocycles. The zero-order valence-corrected chi connectivity index (χ0v) is 13.7. The fourth-order valence-corrected chi connectivity index (χ4v) is 2.46. The number of hydrogen-bond donors (Lipinski definition) is 1. The van der Waals surface area contributed by atoms with Gasteiger partial charge in [-0.15, -0.1) is 12.4 Å². The van der Waals surface area contributed by atoms with Crippen molar-refractivity contribution in [3.63, 3.8) is 0 Å². The van der Waals surface area contributed by atoms with Crippen molar-refractivity contribution in [3.05, 3.63) is 35.9 Å². The van der Waals surface area contributed by atoms with Crippen molar-refractivity contribution in [2.24, 2.45) is 11.7 Å². The summed E-state index contributed by atoms with van der Waals surface area (Å²) in [6.45, 7) is 8.36. The largest absolute Gasteiger partial charge is 0.339 e. The minimum atomic E-state index is -0.365. The molecule has 1 unspecified atom stereocenters. The first kappa shape index (κ1) is 18.0. The van der Waals surface area contributed by atoms with E-state index in [4.69, 9.17) is 5.73 Å². The SMILES string of the molecule is CC(C)C(N)C(=O)N1CCN(Cc2ccccc2)CC1.Cl. The normalized spacial score (nSPS) is 17.4. The topological polar surface area (TPSA) is 49.6 Å². The van der Waals surface area contributed by atoms with Gasteiger partial charge in [0.1, 0.15) is 0 Å². The van der Waals surface area contributed by atoms with Crippen molar-refractivity contribution >= 4 is 18.3 Å². The van der Waals surface area contributed by atoms with E-state index in [2.05, 4.69) is 29.2 Å². The van der Waals surface area contributed by atoms with E-state index < -0.39 is 0 Å². The Labute approximate surface area is 133 Å². The molecule has 1 aromatic rings. The van der Waals surface area contributed by atoms with E-state index >= 15 is 0 Å². The lowest BCUT2D eigenvalue weighted by atomic mass is 10.0. The molecule has 1 aliphatic rings. The minimum absolute atomic E-state index is 0. The summed E-state index contributed by atoms with van der Waals surface area (Å²) in [4.78, 5) is 16.5. The van der Waals surface area contributed by atoms with Crippen molar-refractivity contribution in [2.45, 2.75) is 26.4 Å². The van der Waals surface area contributed by atoms with E-state index in [0.29, 0.717) is 0 Å². The number of hydrogen-bond acceptors (Lipinski definition) is 3. The van der Waals surface area contributed by atoms with Gasteiger partial charge in [-0.2, -0.15) is 0 Å². The number of amides is 1. The van der Waals surface area contributed by atoms with Crippen LogP contribution in [0, 0.1) is 5.92 Å². The number of halogens is 1. The maximum absolute atomic E-state index is 12.2. The van der Waals surface area contributed by atoms with Gasteiger partial charge in [-0.1, -0.05) is 44.2 Å². The van der Waals surface area contributed by atoms with Crippen LogP contribution in [0.15, 0.2) is 30.3 Å². The summed E-state index contributed by atoms with van der Waals surface area (Å²) >= 11 is 0. The van der Waals surface area contributed by atoms with Crippen LogP contribution in [0.2, 0.25) is 0 Å². The van der Waals surface area contributed by atoms with Gasteiger partial charge in [0.15, 0.2) is 0 Å². The summed E-state index contributed by atoms with van der Waals surface area (Å²) in [5.74, 6) is 0.296. The van der Waals surface area contributed by atoms with Crippen LogP contribution < -0.4 is 5.73 Å². The summed E-state index contributed by atoms with van der Waals surface area (Å²) in [7, 11) is 0. The van der Waals surface area contributed by atoms with Crippen molar-refractivity contribution in [1.29, 1.82) is 0 Å². The Morgan fingerprint density at radius 1 is 1.14 bits per heavy atom. The van der Waals surface area contributed by atoms with E-state index in [0.717, 1.165) is 32.7 Å². The zero-order chi connectivity index (χ0) is 14.5. The van der Waals surface area contributed by atoms with Crippen LogP contribution in [-0.4, -0.2) is 47.9 Å². The molecule has 2 N–H and O–H groups in total. The second-order valence-electron chi connectivity index (χ2n) is 5.86. The highest BCUT2D eigenvalue weighted by molar-refractivity contribution is 5.85. The van der Waals surface area contributed by atoms with Gasteiger partial charge < -0.3 is 10.6 Å². The molecule has 1 saturated heterocycles. The second kappa shape index (κ2) is 8.37. The molecule has 0 saturated carbocycles. The molecule has 0 radical (unpaired) electrons. The summed E-state index contributed by atoms with van der Waals surface area (Å²) in [5, 5.41) is 0. The van der Waals surface area contributed by atoms with Crippen LogP contribution in [0.4, 0.5) is 0 Å². The molecule has 0 spiro atoms. The van der Waals surface area contributed by atoms with Gasteiger partial charge >= 0.3 is 0 Å². The van der Waals surface area contributed by atoms with Crippen LogP contribution >= 0.6 is 12.4 Å². The van der Waals surface area contributed by atoms with Gasteiger partial charge in [0.2, 0.25) is 5.91 Å². The lowest BCUT2D eigenvalue weighted by molar-refractivity contribution is -0.135. The van der Waals surface area contributed by atoms with Crippen LogP contribution in [0.25, 0.3) is 0 Å². The maximum Gasteiger partial charge on any atom is 0.239 e. The summed E-state index contributed by atoms with van der Waals surface area (Å²) in [5.41, 5.74) is 7.27. The predicted octanol–water partition coefficient (Wildman–Crippen LogP) is 1.74. The Balaban J connectivity index is 0.00000220. The lowest BCUT2D eigenvalue weighted by Gasteiger charge is -2.36. The van der Waals surface area contributed by atoms with Gasteiger partial charge in [0, 0.05) is 32.7 Å². The second-order valence-corrected chi connectivity index (χ2v) is 5.86. The average Bonchev–Trinajstić information content (AvgIpc) is 2.47. The fraction of sp³-hybridized carbons (Fsp3) is 0.562. The number of nitrogens with two attached hydrogens (primary N) is 1. The fourth-order valence-electron chi connectivity index (χ4n) is 2.46. The van der Waals surface area contributed by atoms with Crippen LogP contribution in [0.3, 0.4) is 0 Å². The van der Waals surface area contributed by atoms with E-state index in [1.807, 2.05) is 24.8 Å². The third kappa shape index (κ3) is 4.99. The van der Waals surface area contributed by atoms with Crippen LogP contribution in [0.1, 0.15) is 19.4 Å². The highest BCUT2D eigenvalue weighted by Gasteiger charge is 2.26. The highest BCUT2D eigenvalue weighted by Crippen LogP contribution is 2.10. The molecule has 21 heavy (non-hydrogen) atoms. The number of carbonyl (C=O) groups excluding carboxylic acids is 1. The van der Waals surface area contributed by atoms with Gasteiger partial charge in [-0.25, -0.2) is 0 Å². The molecule has 1 fully saturated rings. The molecule has 4 nitrogen and oxygen atoms in total. The Hall–Kier alpha value is -1.10. The summed E-state index contributed by atoms with van der Waals surface area (Å²) < 4.78 is 0. The van der Waals surface area contributed by atoms with Gasteiger partial charge in [0.25, 0.3) is 0 Å². The van der Waals surface area contributed by atoms with Crippen LogP contribution in [0.5, 0.6) is 0 Å². The first-order valence-corrected chi connectivity index (χ1v) is 7.38. The van der Waals surface area contributed by atoms with Gasteiger partial charge in [0.05, 0.1) is 6.04 Å². The zero-order valence-electron chi connectivity index (χ0n) is 12.9. The third-order valence-corrected chi connectivity index (χ3v) is 3.94. The Morgan fingerprint density at radius 3 is 2.24 bits per heavy atom. The molecule has 0 bridgehead atoms. The Bertz CT molecular complexity index is 430. The molecule has 1 atom stereocenters. The molecule has 1 aliphatic heterocycles. The molecule has 2 rings (SSSR count). The quantitative estimate of drug-likeness (QED) is 0.921. The molecule has 0 aromatic heterocycles. The first-order chi connectivity index (χ1) is 9.58. The van der Waals surface area contributed by atoms with E-state index in [9.17, 15) is 4.79 Å². The monoisotopic (exact) mass is 311 g/mol. The number of nitrogens with zero attached hydrogens (tertiary/aromatic N) is 2. The first-order valence-electron chi connectivity index (χ1n) is 7.38. The van der Waals surface area contributed by atoms with Gasteiger partial charge in [-0.3, -0.25) is 9.69 Å². The number of rotatable bonds is 4. The summed E-state index contributed by atoms with van der Waals surface area (Å²) in [6, 6.07) is 10.1.